The maximum atomic E-state index is 10.2. The molecule has 1 heterocycles. The van der Waals surface area contributed by atoms with E-state index in [1.807, 2.05) is 0 Å². The lowest BCUT2D eigenvalue weighted by Gasteiger charge is -2.34. The van der Waals surface area contributed by atoms with Crippen LogP contribution < -0.4 is 0 Å². The predicted octanol–water partition coefficient (Wildman–Crippen LogP) is 2.80. The van der Waals surface area contributed by atoms with Crippen LogP contribution in [0, 0.1) is 5.41 Å². The molecule has 0 saturated carbocycles. The summed E-state index contributed by atoms with van der Waals surface area (Å²) in [6.07, 6.45) is 10.1. The van der Waals surface area contributed by atoms with Gasteiger partial charge in [0, 0.05) is 51.3 Å². The molecule has 0 radical (unpaired) electrons. The van der Waals surface area contributed by atoms with E-state index >= 15 is 0 Å². The van der Waals surface area contributed by atoms with Crippen molar-refractivity contribution < 1.29 is 29.2 Å². The van der Waals surface area contributed by atoms with E-state index < -0.39 is 0 Å². The number of unbranched alkanes of at least 4 members (excludes halogenated alkanes) is 6. The van der Waals surface area contributed by atoms with Gasteiger partial charge in [0.15, 0.2) is 0 Å². The Bertz CT molecular complexity index is 439. The number of nitrogens with zero attached hydrogens (tertiary/aromatic N) is 2. The van der Waals surface area contributed by atoms with Gasteiger partial charge >= 0.3 is 0 Å². The van der Waals surface area contributed by atoms with Crippen molar-refractivity contribution in [2.75, 3.05) is 105 Å². The summed E-state index contributed by atoms with van der Waals surface area (Å²) < 4.78 is 23.1. The van der Waals surface area contributed by atoms with Crippen LogP contribution in [0.2, 0.25) is 0 Å². The lowest BCUT2D eigenvalue weighted by atomic mass is 9.84. The van der Waals surface area contributed by atoms with Crippen molar-refractivity contribution in [3.05, 3.63) is 0 Å². The Balaban J connectivity index is 2.44. The fraction of sp³-hybridized carbons (Fsp3) is 1.00. The molecular weight excluding hydrogens is 448 g/mol. The lowest BCUT2D eigenvalue weighted by Crippen LogP contribution is -2.41. The number of β-amino-alcohol motifs (C(OH)–C–C–N with tert-alkyl or cyclic N) is 1. The second-order valence-electron chi connectivity index (χ2n) is 10.1. The minimum atomic E-state index is -0.104. The Labute approximate surface area is 215 Å². The molecule has 0 aromatic heterocycles. The summed E-state index contributed by atoms with van der Waals surface area (Å²) >= 11 is 0. The van der Waals surface area contributed by atoms with Crippen molar-refractivity contribution in [2.24, 2.45) is 5.41 Å². The highest BCUT2D eigenvalue weighted by molar-refractivity contribution is 4.78. The zero-order valence-electron chi connectivity index (χ0n) is 22.9. The maximum Gasteiger partial charge on any atom is 0.0701 e. The van der Waals surface area contributed by atoms with Crippen molar-refractivity contribution in [1.29, 1.82) is 0 Å². The van der Waals surface area contributed by atoms with E-state index in [0.29, 0.717) is 59.4 Å². The van der Waals surface area contributed by atoms with Crippen LogP contribution in [0.15, 0.2) is 0 Å². The number of aliphatic hydroxyl groups is 2. The molecule has 1 aliphatic heterocycles. The van der Waals surface area contributed by atoms with E-state index in [1.165, 1.54) is 44.9 Å². The summed E-state index contributed by atoms with van der Waals surface area (Å²) in [5.74, 6) is 0. The zero-order valence-corrected chi connectivity index (χ0v) is 22.9. The number of rotatable bonds is 13. The zero-order chi connectivity index (χ0) is 25.5. The molecule has 8 nitrogen and oxygen atoms in total. The highest BCUT2D eigenvalue weighted by Crippen LogP contribution is 2.26. The molecular formula is C27H56N2O6. The van der Waals surface area contributed by atoms with Gasteiger partial charge in [-0.2, -0.15) is 0 Å². The topological polar surface area (TPSA) is 83.9 Å². The standard InChI is InChI=1S/C27H56N2O6/c1-3-4-5-6-7-8-9-10-27(2,26-31)25-29-14-19-34-23-21-32-17-12-28(11-16-30)13-18-33-22-24-35-20-15-29/h30-31H,3-26H2,1-2H3. The van der Waals surface area contributed by atoms with Crippen LogP contribution >= 0.6 is 0 Å². The first-order valence-corrected chi connectivity index (χ1v) is 14.1. The molecule has 210 valence electrons. The molecule has 1 atom stereocenters. The van der Waals surface area contributed by atoms with Crippen LogP contribution in [0.3, 0.4) is 0 Å². The summed E-state index contributed by atoms with van der Waals surface area (Å²) in [6, 6.07) is 0. The fourth-order valence-corrected chi connectivity index (χ4v) is 4.42. The van der Waals surface area contributed by atoms with E-state index in [0.717, 1.165) is 39.1 Å². The quantitative estimate of drug-likeness (QED) is 0.371. The van der Waals surface area contributed by atoms with Crippen molar-refractivity contribution >= 4 is 0 Å². The number of ether oxygens (including phenoxy) is 4. The summed E-state index contributed by atoms with van der Waals surface area (Å²) in [5, 5.41) is 19.4. The molecule has 0 spiro atoms. The van der Waals surface area contributed by atoms with Crippen molar-refractivity contribution in [2.45, 2.75) is 65.2 Å². The average molecular weight is 505 g/mol. The largest absolute Gasteiger partial charge is 0.396 e. The van der Waals surface area contributed by atoms with Gasteiger partial charge in [-0.25, -0.2) is 0 Å². The van der Waals surface area contributed by atoms with Gasteiger partial charge in [0.2, 0.25) is 0 Å². The monoisotopic (exact) mass is 504 g/mol. The van der Waals surface area contributed by atoms with Crippen molar-refractivity contribution in [3.8, 4) is 0 Å². The Morgan fingerprint density at radius 1 is 0.629 bits per heavy atom. The summed E-state index contributed by atoms with van der Waals surface area (Å²) in [4.78, 5) is 4.52. The molecule has 8 heteroatoms. The normalized spacial score (nSPS) is 21.3. The van der Waals surface area contributed by atoms with Crippen LogP contribution in [0.4, 0.5) is 0 Å². The highest BCUT2D eigenvalue weighted by atomic mass is 16.5. The molecule has 0 aromatic carbocycles. The molecule has 0 aromatic rings. The Morgan fingerprint density at radius 3 is 1.54 bits per heavy atom. The minimum absolute atomic E-state index is 0.104. The third kappa shape index (κ3) is 18.6. The Hall–Kier alpha value is -0.320. The average Bonchev–Trinajstić information content (AvgIpc) is 2.85. The van der Waals surface area contributed by atoms with Gasteiger partial charge in [0.05, 0.1) is 59.5 Å². The van der Waals surface area contributed by atoms with E-state index in [-0.39, 0.29) is 18.6 Å². The third-order valence-corrected chi connectivity index (χ3v) is 6.74. The Kier molecular flexibility index (Phi) is 21.3. The minimum Gasteiger partial charge on any atom is -0.396 e. The second kappa shape index (κ2) is 22.8. The molecule has 1 saturated heterocycles. The van der Waals surface area contributed by atoms with E-state index in [1.54, 1.807) is 0 Å². The van der Waals surface area contributed by atoms with Crippen molar-refractivity contribution in [1.82, 2.24) is 9.80 Å². The molecule has 1 fully saturated rings. The van der Waals surface area contributed by atoms with Gasteiger partial charge in [-0.3, -0.25) is 9.80 Å². The van der Waals surface area contributed by atoms with Gasteiger partial charge < -0.3 is 29.2 Å². The van der Waals surface area contributed by atoms with E-state index in [9.17, 15) is 10.2 Å². The van der Waals surface area contributed by atoms with Crippen LogP contribution in [-0.2, 0) is 18.9 Å². The third-order valence-electron chi connectivity index (χ3n) is 6.74. The fourth-order valence-electron chi connectivity index (χ4n) is 4.42. The number of aliphatic hydroxyl groups excluding tert-OH is 2. The van der Waals surface area contributed by atoms with Crippen LogP contribution in [0.25, 0.3) is 0 Å². The van der Waals surface area contributed by atoms with E-state index in [2.05, 4.69) is 23.6 Å². The summed E-state index contributed by atoms with van der Waals surface area (Å²) in [6.45, 7) is 14.2. The van der Waals surface area contributed by atoms with Gasteiger partial charge in [-0.15, -0.1) is 0 Å². The van der Waals surface area contributed by atoms with E-state index in [4.69, 9.17) is 18.9 Å². The van der Waals surface area contributed by atoms with Gasteiger partial charge in [0.25, 0.3) is 0 Å². The van der Waals surface area contributed by atoms with Gasteiger partial charge in [-0.1, -0.05) is 58.8 Å². The SMILES string of the molecule is CCCCCCCCCC(C)(CO)CN1CCOCCOCCN(CCO)CCOCCOCC1. The van der Waals surface area contributed by atoms with Crippen molar-refractivity contribution in [3.63, 3.8) is 0 Å². The van der Waals surface area contributed by atoms with Gasteiger partial charge in [0.1, 0.15) is 0 Å². The molecule has 1 rings (SSSR count). The van der Waals surface area contributed by atoms with Crippen LogP contribution in [0.1, 0.15) is 65.2 Å². The summed E-state index contributed by atoms with van der Waals surface area (Å²) in [7, 11) is 0. The molecule has 2 N–H and O–H groups in total. The molecule has 1 unspecified atom stereocenters. The Morgan fingerprint density at radius 2 is 1.09 bits per heavy atom. The first kappa shape index (κ1) is 32.7. The molecule has 1 aliphatic rings. The number of hydrogen-bond donors (Lipinski definition) is 2. The lowest BCUT2D eigenvalue weighted by molar-refractivity contribution is -0.00277. The summed E-state index contributed by atoms with van der Waals surface area (Å²) in [5.41, 5.74) is -0.104. The molecule has 35 heavy (non-hydrogen) atoms. The first-order chi connectivity index (χ1) is 17.1. The van der Waals surface area contributed by atoms with Gasteiger partial charge in [-0.05, 0) is 6.42 Å². The first-order valence-electron chi connectivity index (χ1n) is 14.1. The molecule has 0 amide bonds. The second-order valence-corrected chi connectivity index (χ2v) is 10.1. The van der Waals surface area contributed by atoms with Crippen LogP contribution in [0.5, 0.6) is 0 Å². The van der Waals surface area contributed by atoms with Crippen LogP contribution in [-0.4, -0.2) is 125 Å². The smallest absolute Gasteiger partial charge is 0.0701 e. The highest BCUT2D eigenvalue weighted by Gasteiger charge is 2.26. The maximum absolute atomic E-state index is 10.2. The molecule has 0 aliphatic carbocycles. The number of hydrogen-bond acceptors (Lipinski definition) is 8. The molecule has 0 bridgehead atoms. The predicted molar refractivity (Wildman–Crippen MR) is 141 cm³/mol.